The molecule has 3 aliphatic rings. The number of hydrogen-bond acceptors (Lipinski definition) is 4. The maximum Gasteiger partial charge on any atom is 0.252 e. The number of piperidine rings is 1. The average Bonchev–Trinajstić information content (AvgIpc) is 3.02. The Morgan fingerprint density at radius 2 is 2.07 bits per heavy atom. The molecule has 0 bridgehead atoms. The zero-order chi connectivity index (χ0) is 19.0. The molecule has 152 valence electrons. The van der Waals surface area contributed by atoms with Gasteiger partial charge in [0.05, 0.1) is 16.6 Å². The highest BCUT2D eigenvalue weighted by molar-refractivity contribution is 6.03. The van der Waals surface area contributed by atoms with Gasteiger partial charge >= 0.3 is 0 Å². The summed E-state index contributed by atoms with van der Waals surface area (Å²) in [7, 11) is 0. The molecule has 0 radical (unpaired) electrons. The summed E-state index contributed by atoms with van der Waals surface area (Å²) >= 11 is 0. The summed E-state index contributed by atoms with van der Waals surface area (Å²) in [5, 5.41) is 9.80. The lowest BCUT2D eigenvalue weighted by Crippen LogP contribution is -2.38. The molecule has 1 amide bonds. The number of hydrogen-bond donors (Lipinski definition) is 2. The van der Waals surface area contributed by atoms with E-state index in [1.807, 2.05) is 18.2 Å². The van der Waals surface area contributed by atoms with Crippen LogP contribution in [0.25, 0.3) is 16.7 Å². The first-order valence-corrected chi connectivity index (χ1v) is 10.2. The summed E-state index contributed by atoms with van der Waals surface area (Å²) < 4.78 is 2.17. The first kappa shape index (κ1) is 18.7. The highest BCUT2D eigenvalue weighted by Crippen LogP contribution is 2.58. The van der Waals surface area contributed by atoms with Gasteiger partial charge in [-0.25, -0.2) is 4.98 Å². The second kappa shape index (κ2) is 6.34. The molecule has 1 aromatic carbocycles. The van der Waals surface area contributed by atoms with Crippen molar-refractivity contribution in [1.29, 1.82) is 0 Å². The minimum atomic E-state index is -0.384. The molecule has 0 spiro atoms. The maximum atomic E-state index is 12.4. The number of amides is 1. The standard InChI is InChI=1S/C22H24N4O2.ClH/c23-19(28)18-14-4-3-5-15(14)21(25-9-8-22(12-27)10-13(22)11-25)26-17-7-2-1-6-16(17)24-20(18)26;/h1-2,6-7,13,27H,3-5,8-12H2,(H2,23,28);1H. The molecule has 3 heterocycles. The Labute approximate surface area is 175 Å². The zero-order valence-corrected chi connectivity index (χ0v) is 17.0. The van der Waals surface area contributed by atoms with Crippen molar-refractivity contribution in [2.75, 3.05) is 24.6 Å². The fraction of sp³-hybridized carbons (Fsp3) is 0.455. The first-order chi connectivity index (χ1) is 13.6. The third-order valence-corrected chi connectivity index (χ3v) is 7.33. The molecule has 2 unspecified atom stereocenters. The Bertz CT molecular complexity index is 1160. The van der Waals surface area contributed by atoms with Crippen molar-refractivity contribution in [3.8, 4) is 0 Å². The molecule has 2 aromatic heterocycles. The number of halogens is 1. The molecule has 29 heavy (non-hydrogen) atoms. The summed E-state index contributed by atoms with van der Waals surface area (Å²) in [5.74, 6) is 1.37. The number of nitrogens with two attached hydrogens (primary N) is 1. The fourth-order valence-corrected chi connectivity index (χ4v) is 5.71. The quantitative estimate of drug-likeness (QED) is 0.692. The van der Waals surface area contributed by atoms with Crippen molar-refractivity contribution in [3.05, 3.63) is 41.0 Å². The number of anilines is 1. The third-order valence-electron chi connectivity index (χ3n) is 7.33. The van der Waals surface area contributed by atoms with E-state index >= 15 is 0 Å². The van der Waals surface area contributed by atoms with Gasteiger partial charge in [-0.2, -0.15) is 0 Å². The van der Waals surface area contributed by atoms with Gasteiger partial charge in [0.25, 0.3) is 5.91 Å². The van der Waals surface area contributed by atoms with Crippen LogP contribution in [-0.4, -0.2) is 40.1 Å². The van der Waals surface area contributed by atoms with Crippen LogP contribution < -0.4 is 10.6 Å². The highest BCUT2D eigenvalue weighted by Gasteiger charge is 2.56. The number of rotatable bonds is 3. The van der Waals surface area contributed by atoms with E-state index in [2.05, 4.69) is 15.4 Å². The first-order valence-electron chi connectivity index (χ1n) is 10.2. The van der Waals surface area contributed by atoms with Crippen LogP contribution in [0.15, 0.2) is 24.3 Å². The molecule has 1 saturated heterocycles. The van der Waals surface area contributed by atoms with Crippen molar-refractivity contribution in [2.45, 2.75) is 32.1 Å². The van der Waals surface area contributed by atoms with Gasteiger partial charge in [0, 0.05) is 25.1 Å². The van der Waals surface area contributed by atoms with Crippen molar-refractivity contribution in [3.63, 3.8) is 0 Å². The van der Waals surface area contributed by atoms with Crippen LogP contribution >= 0.6 is 12.4 Å². The summed E-state index contributed by atoms with van der Waals surface area (Å²) in [6.07, 6.45) is 5.05. The number of fused-ring (bicyclic) bond motifs is 5. The molecule has 2 aliphatic carbocycles. The minimum absolute atomic E-state index is 0. The number of benzene rings is 1. The lowest BCUT2D eigenvalue weighted by atomic mass is 9.95. The second-order valence-electron chi connectivity index (χ2n) is 8.75. The summed E-state index contributed by atoms with van der Waals surface area (Å²) in [4.78, 5) is 19.7. The molecule has 2 fully saturated rings. The van der Waals surface area contributed by atoms with Gasteiger partial charge in [-0.15, -0.1) is 12.4 Å². The summed E-state index contributed by atoms with van der Waals surface area (Å²) in [6.45, 7) is 2.19. The number of nitrogens with zero attached hydrogens (tertiary/aromatic N) is 3. The van der Waals surface area contributed by atoms with Gasteiger partial charge in [0.2, 0.25) is 0 Å². The number of primary amides is 1. The van der Waals surface area contributed by atoms with Gasteiger partial charge in [-0.3, -0.25) is 9.20 Å². The normalized spacial score (nSPS) is 25.0. The number of carbonyl (C=O) groups is 1. The Kier molecular flexibility index (Phi) is 4.09. The predicted molar refractivity (Wildman–Crippen MR) is 115 cm³/mol. The second-order valence-corrected chi connectivity index (χ2v) is 8.75. The van der Waals surface area contributed by atoms with Crippen LogP contribution in [0.1, 0.15) is 40.7 Å². The Morgan fingerprint density at radius 1 is 1.28 bits per heavy atom. The van der Waals surface area contributed by atoms with E-state index in [4.69, 9.17) is 10.7 Å². The molecule has 6 nitrogen and oxygen atoms in total. The number of aliphatic hydroxyl groups excluding tert-OH is 1. The fourth-order valence-electron chi connectivity index (χ4n) is 5.71. The maximum absolute atomic E-state index is 12.4. The van der Waals surface area contributed by atoms with Crippen molar-refractivity contribution >= 4 is 40.8 Å². The molecule has 6 rings (SSSR count). The van der Waals surface area contributed by atoms with Gasteiger partial charge in [0.1, 0.15) is 5.82 Å². The van der Waals surface area contributed by atoms with E-state index in [1.54, 1.807) is 0 Å². The number of carbonyl (C=O) groups excluding carboxylic acids is 1. The number of aromatic nitrogens is 2. The number of pyridine rings is 1. The summed E-state index contributed by atoms with van der Waals surface area (Å²) in [5.41, 5.74) is 11.6. The SMILES string of the molecule is Cl.NC(=O)c1c2c(c(N3CCC4(CO)CC4C3)n3c1nc1ccccc13)CCC2. The Hall–Kier alpha value is -2.31. The van der Waals surface area contributed by atoms with Gasteiger partial charge < -0.3 is 15.7 Å². The molecule has 1 aliphatic heterocycles. The lowest BCUT2D eigenvalue weighted by Gasteiger charge is -2.34. The van der Waals surface area contributed by atoms with E-state index in [0.29, 0.717) is 23.7 Å². The third kappa shape index (κ3) is 2.45. The minimum Gasteiger partial charge on any atom is -0.396 e. The number of aliphatic hydroxyl groups is 1. The van der Waals surface area contributed by atoms with Crippen LogP contribution in [0.5, 0.6) is 0 Å². The molecule has 3 aromatic rings. The number of para-hydroxylation sites is 2. The van der Waals surface area contributed by atoms with Crippen LogP contribution in [0.4, 0.5) is 5.82 Å². The highest BCUT2D eigenvalue weighted by atomic mass is 35.5. The predicted octanol–water partition coefficient (Wildman–Crippen LogP) is 2.71. The molecular weight excluding hydrogens is 388 g/mol. The van der Waals surface area contributed by atoms with Crippen molar-refractivity contribution in [2.24, 2.45) is 17.1 Å². The van der Waals surface area contributed by atoms with Gasteiger partial charge in [-0.1, -0.05) is 12.1 Å². The number of imidazole rings is 1. The van der Waals surface area contributed by atoms with E-state index in [-0.39, 0.29) is 23.7 Å². The van der Waals surface area contributed by atoms with Crippen molar-refractivity contribution in [1.82, 2.24) is 9.38 Å². The summed E-state index contributed by atoms with van der Waals surface area (Å²) in [6, 6.07) is 8.07. The smallest absolute Gasteiger partial charge is 0.252 e. The molecule has 1 saturated carbocycles. The van der Waals surface area contributed by atoms with E-state index < -0.39 is 0 Å². The van der Waals surface area contributed by atoms with Crippen LogP contribution in [0, 0.1) is 11.3 Å². The topological polar surface area (TPSA) is 83.9 Å². The molecule has 3 N–H and O–H groups in total. The van der Waals surface area contributed by atoms with Gasteiger partial charge in [0.15, 0.2) is 5.65 Å². The van der Waals surface area contributed by atoms with Crippen molar-refractivity contribution < 1.29 is 9.90 Å². The molecule has 7 heteroatoms. The van der Waals surface area contributed by atoms with E-state index in [0.717, 1.165) is 61.8 Å². The van der Waals surface area contributed by atoms with E-state index in [9.17, 15) is 9.90 Å². The monoisotopic (exact) mass is 412 g/mol. The largest absolute Gasteiger partial charge is 0.396 e. The zero-order valence-electron chi connectivity index (χ0n) is 16.2. The van der Waals surface area contributed by atoms with Gasteiger partial charge in [-0.05, 0) is 61.3 Å². The lowest BCUT2D eigenvalue weighted by molar-refractivity contribution is 0.100. The Morgan fingerprint density at radius 3 is 2.83 bits per heavy atom. The molecule has 2 atom stereocenters. The van der Waals surface area contributed by atoms with Crippen LogP contribution in [0.2, 0.25) is 0 Å². The Balaban J connectivity index is 0.00000181. The van der Waals surface area contributed by atoms with E-state index in [1.165, 1.54) is 11.4 Å². The average molecular weight is 413 g/mol. The van der Waals surface area contributed by atoms with Crippen LogP contribution in [-0.2, 0) is 12.8 Å². The molecular formula is C22H25ClN4O2. The van der Waals surface area contributed by atoms with Crippen LogP contribution in [0.3, 0.4) is 0 Å².